The first-order valence-electron chi connectivity index (χ1n) is 7.72. The van der Waals surface area contributed by atoms with Gasteiger partial charge in [0.05, 0.1) is 29.0 Å². The Morgan fingerprint density at radius 2 is 1.87 bits per heavy atom. The second-order valence-electron chi connectivity index (χ2n) is 5.65. The smallest absolute Gasteiger partial charge is 0.251 e. The third-order valence-corrected chi connectivity index (χ3v) is 3.79. The number of rotatable bonds is 7. The number of carbonyl (C=O) groups is 1. The predicted octanol–water partition coefficient (Wildman–Crippen LogP) is 1.55. The molecule has 0 saturated carbocycles. The van der Waals surface area contributed by atoms with E-state index in [1.165, 1.54) is 0 Å². The van der Waals surface area contributed by atoms with Crippen molar-refractivity contribution in [2.45, 2.75) is 13.8 Å². The largest absolute Gasteiger partial charge is 0.383 e. The van der Waals surface area contributed by atoms with Crippen molar-refractivity contribution in [3.05, 3.63) is 35.2 Å². The van der Waals surface area contributed by atoms with Crippen LogP contribution in [0.25, 0.3) is 11.0 Å². The number of hydrogen-bond acceptors (Lipinski definition) is 5. The van der Waals surface area contributed by atoms with Crippen LogP contribution in [0.15, 0.2) is 18.2 Å². The molecule has 2 aromatic rings. The van der Waals surface area contributed by atoms with E-state index in [1.807, 2.05) is 27.0 Å². The van der Waals surface area contributed by atoms with Crippen molar-refractivity contribution in [1.29, 1.82) is 0 Å². The standard InChI is InChI=1S/C17H24N4O2/c1-12-13(2)20-16-11-14(5-6-15(16)19-12)17(22)18-7-8-21(3)9-10-23-4/h5-6,11H,7-10H2,1-4H3,(H,18,22). The first kappa shape index (κ1) is 17.3. The van der Waals surface area contributed by atoms with Crippen molar-refractivity contribution in [3.63, 3.8) is 0 Å². The second kappa shape index (κ2) is 7.99. The molecule has 0 bridgehead atoms. The minimum absolute atomic E-state index is 0.0907. The molecule has 0 saturated heterocycles. The summed E-state index contributed by atoms with van der Waals surface area (Å²) in [5.41, 5.74) is 3.96. The Bertz CT molecular complexity index is 688. The van der Waals surface area contributed by atoms with E-state index in [9.17, 15) is 4.79 Å². The summed E-state index contributed by atoms with van der Waals surface area (Å²) in [7, 11) is 3.68. The van der Waals surface area contributed by atoms with E-state index in [-0.39, 0.29) is 5.91 Å². The molecule has 0 aliphatic carbocycles. The maximum Gasteiger partial charge on any atom is 0.251 e. The maximum absolute atomic E-state index is 12.2. The number of hydrogen-bond donors (Lipinski definition) is 1. The number of nitrogens with zero attached hydrogens (tertiary/aromatic N) is 3. The van der Waals surface area contributed by atoms with Crippen LogP contribution in [0.5, 0.6) is 0 Å². The summed E-state index contributed by atoms with van der Waals surface area (Å²) in [4.78, 5) is 23.3. The number of nitrogens with one attached hydrogen (secondary N) is 1. The summed E-state index contributed by atoms with van der Waals surface area (Å²) in [5.74, 6) is -0.0907. The molecule has 0 aliphatic heterocycles. The summed E-state index contributed by atoms with van der Waals surface area (Å²) in [6, 6.07) is 5.42. The number of ether oxygens (including phenoxy) is 1. The van der Waals surface area contributed by atoms with Crippen LogP contribution in [0.2, 0.25) is 0 Å². The van der Waals surface area contributed by atoms with Gasteiger partial charge in [-0.1, -0.05) is 0 Å². The second-order valence-corrected chi connectivity index (χ2v) is 5.65. The van der Waals surface area contributed by atoms with E-state index in [0.717, 1.165) is 35.5 Å². The third kappa shape index (κ3) is 4.71. The monoisotopic (exact) mass is 316 g/mol. The van der Waals surface area contributed by atoms with Crippen LogP contribution in [0, 0.1) is 13.8 Å². The number of methoxy groups -OCH3 is 1. The van der Waals surface area contributed by atoms with Gasteiger partial charge < -0.3 is 15.0 Å². The lowest BCUT2D eigenvalue weighted by atomic mass is 10.1. The molecule has 1 amide bonds. The number of amides is 1. The molecule has 1 aromatic carbocycles. The molecule has 2 rings (SSSR count). The summed E-state index contributed by atoms with van der Waals surface area (Å²) in [6.45, 7) is 6.76. The van der Waals surface area contributed by atoms with Crippen molar-refractivity contribution < 1.29 is 9.53 Å². The van der Waals surface area contributed by atoms with E-state index in [4.69, 9.17) is 4.74 Å². The summed E-state index contributed by atoms with van der Waals surface area (Å²) in [6.07, 6.45) is 0. The maximum atomic E-state index is 12.2. The molecule has 0 unspecified atom stereocenters. The van der Waals surface area contributed by atoms with Crippen molar-refractivity contribution in [3.8, 4) is 0 Å². The molecule has 0 fully saturated rings. The Labute approximate surface area is 136 Å². The van der Waals surface area contributed by atoms with Gasteiger partial charge in [-0.05, 0) is 39.1 Å². The van der Waals surface area contributed by atoms with Gasteiger partial charge in [0.15, 0.2) is 0 Å². The highest BCUT2D eigenvalue weighted by Gasteiger charge is 2.09. The van der Waals surface area contributed by atoms with Crippen molar-refractivity contribution >= 4 is 16.9 Å². The SMILES string of the molecule is COCCN(C)CCNC(=O)c1ccc2nc(C)c(C)nc2c1. The Balaban J connectivity index is 1.97. The fourth-order valence-corrected chi connectivity index (χ4v) is 2.19. The Morgan fingerprint density at radius 1 is 1.17 bits per heavy atom. The van der Waals surface area contributed by atoms with Gasteiger partial charge in [-0.3, -0.25) is 4.79 Å². The minimum atomic E-state index is -0.0907. The Hall–Kier alpha value is -2.05. The lowest BCUT2D eigenvalue weighted by molar-refractivity contribution is 0.0947. The molecule has 0 radical (unpaired) electrons. The average Bonchev–Trinajstić information content (AvgIpc) is 2.53. The van der Waals surface area contributed by atoms with Crippen LogP contribution >= 0.6 is 0 Å². The molecule has 0 aliphatic rings. The Morgan fingerprint density at radius 3 is 2.57 bits per heavy atom. The zero-order valence-corrected chi connectivity index (χ0v) is 14.2. The number of likely N-dealkylation sites (N-methyl/N-ethyl adjacent to an activating group) is 1. The van der Waals surface area contributed by atoms with E-state index >= 15 is 0 Å². The summed E-state index contributed by atoms with van der Waals surface area (Å²) >= 11 is 0. The van der Waals surface area contributed by atoms with Gasteiger partial charge in [-0.2, -0.15) is 0 Å². The number of carbonyl (C=O) groups excluding carboxylic acids is 1. The summed E-state index contributed by atoms with van der Waals surface area (Å²) in [5, 5.41) is 2.93. The van der Waals surface area contributed by atoms with Crippen LogP contribution in [-0.4, -0.2) is 61.2 Å². The normalized spacial score (nSPS) is 11.2. The van der Waals surface area contributed by atoms with E-state index in [2.05, 4.69) is 20.2 Å². The molecule has 23 heavy (non-hydrogen) atoms. The topological polar surface area (TPSA) is 67.3 Å². The van der Waals surface area contributed by atoms with Crippen molar-refractivity contribution in [2.24, 2.45) is 0 Å². The van der Waals surface area contributed by atoms with Crippen LogP contribution < -0.4 is 5.32 Å². The minimum Gasteiger partial charge on any atom is -0.383 e. The molecular formula is C17H24N4O2. The predicted molar refractivity (Wildman–Crippen MR) is 90.7 cm³/mol. The molecule has 1 aromatic heterocycles. The molecule has 6 heteroatoms. The van der Waals surface area contributed by atoms with Crippen LogP contribution in [-0.2, 0) is 4.74 Å². The zero-order chi connectivity index (χ0) is 16.8. The molecule has 124 valence electrons. The zero-order valence-electron chi connectivity index (χ0n) is 14.2. The third-order valence-electron chi connectivity index (χ3n) is 3.79. The van der Waals surface area contributed by atoms with Crippen LogP contribution in [0.4, 0.5) is 0 Å². The highest BCUT2D eigenvalue weighted by Crippen LogP contribution is 2.14. The molecular weight excluding hydrogens is 292 g/mol. The summed E-state index contributed by atoms with van der Waals surface area (Å²) < 4.78 is 5.03. The number of benzene rings is 1. The fourth-order valence-electron chi connectivity index (χ4n) is 2.19. The van der Waals surface area contributed by atoms with Gasteiger partial charge in [0.1, 0.15) is 0 Å². The van der Waals surface area contributed by atoms with E-state index < -0.39 is 0 Å². The first-order valence-corrected chi connectivity index (χ1v) is 7.72. The lowest BCUT2D eigenvalue weighted by Gasteiger charge is -2.16. The van der Waals surface area contributed by atoms with Crippen LogP contribution in [0.1, 0.15) is 21.7 Å². The van der Waals surface area contributed by atoms with Gasteiger partial charge in [-0.15, -0.1) is 0 Å². The van der Waals surface area contributed by atoms with E-state index in [0.29, 0.717) is 18.7 Å². The highest BCUT2D eigenvalue weighted by molar-refractivity contribution is 5.97. The number of aromatic nitrogens is 2. The molecule has 0 atom stereocenters. The lowest BCUT2D eigenvalue weighted by Crippen LogP contribution is -2.34. The fraction of sp³-hybridized carbons (Fsp3) is 0.471. The van der Waals surface area contributed by atoms with Crippen molar-refractivity contribution in [1.82, 2.24) is 20.2 Å². The molecule has 0 spiro atoms. The highest BCUT2D eigenvalue weighted by atomic mass is 16.5. The van der Waals surface area contributed by atoms with Crippen LogP contribution in [0.3, 0.4) is 0 Å². The number of aryl methyl sites for hydroxylation is 2. The van der Waals surface area contributed by atoms with Gasteiger partial charge >= 0.3 is 0 Å². The Kier molecular flexibility index (Phi) is 6.01. The molecule has 1 heterocycles. The number of fused-ring (bicyclic) bond motifs is 1. The van der Waals surface area contributed by atoms with E-state index in [1.54, 1.807) is 19.2 Å². The quantitative estimate of drug-likeness (QED) is 0.839. The first-order chi connectivity index (χ1) is 11.0. The van der Waals surface area contributed by atoms with Crippen molar-refractivity contribution in [2.75, 3.05) is 40.4 Å². The average molecular weight is 316 g/mol. The molecule has 6 nitrogen and oxygen atoms in total. The van der Waals surface area contributed by atoms with Gasteiger partial charge in [0, 0.05) is 32.3 Å². The van der Waals surface area contributed by atoms with Gasteiger partial charge in [0.2, 0.25) is 0 Å². The van der Waals surface area contributed by atoms with Gasteiger partial charge in [-0.25, -0.2) is 9.97 Å². The van der Waals surface area contributed by atoms with Gasteiger partial charge in [0.25, 0.3) is 5.91 Å². The molecule has 1 N–H and O–H groups in total.